The van der Waals surface area contributed by atoms with Crippen molar-refractivity contribution >= 4 is 28.4 Å². The highest BCUT2D eigenvalue weighted by atomic mass is 35.5. The smallest absolute Gasteiger partial charge is 0.253 e. The summed E-state index contributed by atoms with van der Waals surface area (Å²) in [6.07, 6.45) is -0.704. The van der Waals surface area contributed by atoms with Crippen molar-refractivity contribution in [3.05, 3.63) is 41.0 Å². The Kier molecular flexibility index (Phi) is 5.12. The summed E-state index contributed by atoms with van der Waals surface area (Å²) in [6.45, 7) is 0.404. The molecule has 0 fully saturated rings. The molecule has 112 valence electrons. The van der Waals surface area contributed by atoms with Crippen LogP contribution in [-0.4, -0.2) is 54.3 Å². The first-order valence-electron chi connectivity index (χ1n) is 6.50. The number of carbonyl (C=O) groups is 1. The van der Waals surface area contributed by atoms with E-state index in [1.807, 2.05) is 6.07 Å². The van der Waals surface area contributed by atoms with Gasteiger partial charge in [0.25, 0.3) is 5.91 Å². The van der Waals surface area contributed by atoms with Crippen molar-refractivity contribution in [1.29, 1.82) is 0 Å². The van der Waals surface area contributed by atoms with Crippen molar-refractivity contribution in [2.24, 2.45) is 0 Å². The van der Waals surface area contributed by atoms with Gasteiger partial charge in [0.2, 0.25) is 0 Å². The number of ether oxygens (including phenoxy) is 1. The van der Waals surface area contributed by atoms with Crippen molar-refractivity contribution in [2.75, 3.05) is 27.3 Å². The van der Waals surface area contributed by atoms with Crippen molar-refractivity contribution in [1.82, 2.24) is 9.88 Å². The minimum Gasteiger partial charge on any atom is -0.389 e. The van der Waals surface area contributed by atoms with Crippen LogP contribution in [0.2, 0.25) is 5.15 Å². The lowest BCUT2D eigenvalue weighted by Crippen LogP contribution is -2.36. The number of fused-ring (bicyclic) bond motifs is 1. The van der Waals surface area contributed by atoms with Crippen LogP contribution >= 0.6 is 11.6 Å². The van der Waals surface area contributed by atoms with Crippen LogP contribution in [0.4, 0.5) is 0 Å². The number of carbonyl (C=O) groups excluding carboxylic acids is 1. The maximum Gasteiger partial charge on any atom is 0.253 e. The van der Waals surface area contributed by atoms with Crippen LogP contribution < -0.4 is 0 Å². The third-order valence-corrected chi connectivity index (χ3v) is 3.30. The van der Waals surface area contributed by atoms with Gasteiger partial charge in [-0.1, -0.05) is 11.6 Å². The quantitative estimate of drug-likeness (QED) is 0.858. The van der Waals surface area contributed by atoms with Crippen molar-refractivity contribution in [3.8, 4) is 0 Å². The second kappa shape index (κ2) is 6.85. The molecule has 0 saturated heterocycles. The molecule has 21 heavy (non-hydrogen) atoms. The molecule has 1 atom stereocenters. The van der Waals surface area contributed by atoms with Crippen molar-refractivity contribution in [3.63, 3.8) is 0 Å². The Morgan fingerprint density at radius 1 is 1.43 bits per heavy atom. The third-order valence-electron chi connectivity index (χ3n) is 3.09. The number of benzene rings is 1. The van der Waals surface area contributed by atoms with Gasteiger partial charge in [-0.15, -0.1) is 0 Å². The Morgan fingerprint density at radius 2 is 2.19 bits per heavy atom. The number of nitrogens with zero attached hydrogens (tertiary/aromatic N) is 2. The SMILES string of the molecule is COCC(O)CN(C)C(=O)c1ccc2nc(Cl)ccc2c1. The molecule has 1 aromatic heterocycles. The Morgan fingerprint density at radius 3 is 2.90 bits per heavy atom. The monoisotopic (exact) mass is 308 g/mol. The third kappa shape index (κ3) is 3.91. The molecule has 0 radical (unpaired) electrons. The fraction of sp³-hybridized carbons (Fsp3) is 0.333. The van der Waals surface area contributed by atoms with Crippen LogP contribution in [0.15, 0.2) is 30.3 Å². The van der Waals surface area contributed by atoms with Crippen LogP contribution in [0.3, 0.4) is 0 Å². The standard InChI is InChI=1S/C15H17ClN2O3/c1-18(8-12(19)9-21-2)15(20)11-3-5-13-10(7-11)4-6-14(16)17-13/h3-7,12,19H,8-9H2,1-2H3. The van der Waals surface area contributed by atoms with Gasteiger partial charge < -0.3 is 14.7 Å². The maximum absolute atomic E-state index is 12.3. The molecule has 0 spiro atoms. The predicted octanol–water partition coefficient (Wildman–Crippen LogP) is 1.97. The van der Waals surface area contributed by atoms with Gasteiger partial charge in [-0.3, -0.25) is 4.79 Å². The molecule has 0 aliphatic rings. The Bertz CT molecular complexity index is 648. The van der Waals surface area contributed by atoms with E-state index < -0.39 is 6.10 Å². The lowest BCUT2D eigenvalue weighted by Gasteiger charge is -2.20. The lowest BCUT2D eigenvalue weighted by molar-refractivity contribution is 0.0380. The Balaban J connectivity index is 2.17. The number of pyridine rings is 1. The zero-order valence-electron chi connectivity index (χ0n) is 11.9. The molecule has 2 rings (SSSR count). The molecule has 6 heteroatoms. The van der Waals surface area contributed by atoms with Gasteiger partial charge in [-0.25, -0.2) is 4.98 Å². The zero-order chi connectivity index (χ0) is 15.4. The van der Waals surface area contributed by atoms with E-state index >= 15 is 0 Å². The van der Waals surface area contributed by atoms with Gasteiger partial charge in [-0.05, 0) is 30.3 Å². The summed E-state index contributed by atoms with van der Waals surface area (Å²) >= 11 is 5.83. The highest BCUT2D eigenvalue weighted by Gasteiger charge is 2.15. The Labute approximate surface area is 128 Å². The summed E-state index contributed by atoms with van der Waals surface area (Å²) in [5, 5.41) is 10.9. The molecule has 0 aliphatic heterocycles. The molecule has 1 aromatic carbocycles. The van der Waals surface area contributed by atoms with Crippen LogP contribution in [0.25, 0.3) is 10.9 Å². The summed E-state index contributed by atoms with van der Waals surface area (Å²) in [4.78, 5) is 18.0. The highest BCUT2D eigenvalue weighted by molar-refractivity contribution is 6.29. The van der Waals surface area contributed by atoms with E-state index in [0.29, 0.717) is 10.7 Å². The highest BCUT2D eigenvalue weighted by Crippen LogP contribution is 2.18. The number of aliphatic hydroxyl groups excluding tert-OH is 1. The number of rotatable bonds is 5. The molecule has 2 aromatic rings. The van der Waals surface area contributed by atoms with E-state index in [-0.39, 0.29) is 19.1 Å². The molecule has 5 nitrogen and oxygen atoms in total. The van der Waals surface area contributed by atoms with Crippen LogP contribution in [0, 0.1) is 0 Å². The summed E-state index contributed by atoms with van der Waals surface area (Å²) in [5.41, 5.74) is 1.28. The summed E-state index contributed by atoms with van der Waals surface area (Å²) in [7, 11) is 3.15. The molecule has 0 bridgehead atoms. The number of hydrogen-bond donors (Lipinski definition) is 1. The molecule has 1 amide bonds. The minimum absolute atomic E-state index is 0.165. The van der Waals surface area contributed by atoms with Crippen LogP contribution in [0.5, 0.6) is 0 Å². The molecular weight excluding hydrogens is 292 g/mol. The first kappa shape index (κ1) is 15.7. The maximum atomic E-state index is 12.3. The first-order valence-corrected chi connectivity index (χ1v) is 6.88. The van der Waals surface area contributed by atoms with Gasteiger partial charge in [0.15, 0.2) is 0 Å². The van der Waals surface area contributed by atoms with E-state index in [0.717, 1.165) is 10.9 Å². The van der Waals surface area contributed by atoms with E-state index in [9.17, 15) is 9.90 Å². The average molecular weight is 309 g/mol. The molecule has 0 aliphatic carbocycles. The van der Waals surface area contributed by atoms with Crippen LogP contribution in [-0.2, 0) is 4.74 Å². The lowest BCUT2D eigenvalue weighted by atomic mass is 10.1. The summed E-state index contributed by atoms with van der Waals surface area (Å²) in [5.74, 6) is -0.165. The molecule has 0 saturated carbocycles. The second-order valence-corrected chi connectivity index (χ2v) is 5.22. The number of aromatic nitrogens is 1. The zero-order valence-corrected chi connectivity index (χ0v) is 12.7. The normalized spacial score (nSPS) is 12.4. The summed E-state index contributed by atoms with van der Waals surface area (Å²) < 4.78 is 4.85. The van der Waals surface area contributed by atoms with E-state index in [1.54, 1.807) is 31.3 Å². The topological polar surface area (TPSA) is 62.7 Å². The fourth-order valence-corrected chi connectivity index (χ4v) is 2.25. The van der Waals surface area contributed by atoms with Gasteiger partial charge in [0, 0.05) is 31.7 Å². The Hall–Kier alpha value is -1.69. The number of amides is 1. The van der Waals surface area contributed by atoms with E-state index in [1.165, 1.54) is 12.0 Å². The summed E-state index contributed by atoms with van der Waals surface area (Å²) in [6, 6.07) is 8.73. The largest absolute Gasteiger partial charge is 0.389 e. The molecular formula is C15H17ClN2O3. The second-order valence-electron chi connectivity index (χ2n) is 4.84. The number of halogens is 1. The van der Waals surface area contributed by atoms with Crippen LogP contribution in [0.1, 0.15) is 10.4 Å². The number of methoxy groups -OCH3 is 1. The van der Waals surface area contributed by atoms with Gasteiger partial charge in [0.1, 0.15) is 5.15 Å². The van der Waals surface area contributed by atoms with E-state index in [2.05, 4.69) is 4.98 Å². The average Bonchev–Trinajstić information content (AvgIpc) is 2.46. The van der Waals surface area contributed by atoms with Crippen molar-refractivity contribution < 1.29 is 14.6 Å². The van der Waals surface area contributed by atoms with Gasteiger partial charge >= 0.3 is 0 Å². The van der Waals surface area contributed by atoms with Gasteiger partial charge in [0.05, 0.1) is 18.2 Å². The minimum atomic E-state index is -0.704. The number of aliphatic hydroxyl groups is 1. The number of hydrogen-bond acceptors (Lipinski definition) is 4. The molecule has 1 N–H and O–H groups in total. The van der Waals surface area contributed by atoms with Crippen molar-refractivity contribution in [2.45, 2.75) is 6.10 Å². The molecule has 1 unspecified atom stereocenters. The van der Waals surface area contributed by atoms with E-state index in [4.69, 9.17) is 16.3 Å². The number of likely N-dealkylation sites (N-methyl/N-ethyl adjacent to an activating group) is 1. The van der Waals surface area contributed by atoms with Gasteiger partial charge in [-0.2, -0.15) is 0 Å². The predicted molar refractivity (Wildman–Crippen MR) is 81.6 cm³/mol. The fourth-order valence-electron chi connectivity index (χ4n) is 2.10. The molecule has 1 heterocycles. The first-order chi connectivity index (χ1) is 10.0.